The summed E-state index contributed by atoms with van der Waals surface area (Å²) >= 11 is 0. The van der Waals surface area contributed by atoms with Gasteiger partial charge in [0.15, 0.2) is 0 Å². The molecule has 0 bridgehead atoms. The van der Waals surface area contributed by atoms with Crippen molar-refractivity contribution in [3.8, 4) is 0 Å². The molecule has 0 saturated heterocycles. The molecule has 0 aromatic heterocycles. The van der Waals surface area contributed by atoms with E-state index in [0.717, 1.165) is 70.0 Å². The number of allylic oxidation sites excluding steroid dienone is 3. The van der Waals surface area contributed by atoms with Crippen LogP contribution >= 0.6 is 0 Å². The minimum atomic E-state index is 0.740. The Morgan fingerprint density at radius 3 is 1.93 bits per heavy atom. The molecule has 168 valence electrons. The molecule has 0 amide bonds. The first-order valence-electron chi connectivity index (χ1n) is 13.5. The summed E-state index contributed by atoms with van der Waals surface area (Å²) in [5, 5.41) is 0. The first-order valence-corrected chi connectivity index (χ1v) is 13.5. The maximum absolute atomic E-state index is 4.32. The van der Waals surface area contributed by atoms with E-state index in [-0.39, 0.29) is 0 Å². The van der Waals surface area contributed by atoms with Crippen LogP contribution in [-0.4, -0.2) is 0 Å². The van der Waals surface area contributed by atoms with Crippen LogP contribution in [0.3, 0.4) is 0 Å². The normalized spacial score (nSPS) is 52.7. The average molecular weight is 409 g/mol. The maximum atomic E-state index is 4.32. The minimum absolute atomic E-state index is 0.740. The van der Waals surface area contributed by atoms with Crippen LogP contribution in [0.15, 0.2) is 23.8 Å². The van der Waals surface area contributed by atoms with E-state index >= 15 is 0 Å². The lowest BCUT2D eigenvalue weighted by Gasteiger charge is -2.35. The van der Waals surface area contributed by atoms with Crippen molar-refractivity contribution in [3.05, 3.63) is 23.8 Å². The summed E-state index contributed by atoms with van der Waals surface area (Å²) in [6.07, 6.45) is 12.7. The molecule has 6 aliphatic rings. The third-order valence-electron chi connectivity index (χ3n) is 11.8. The van der Waals surface area contributed by atoms with Crippen LogP contribution in [0.4, 0.5) is 0 Å². The van der Waals surface area contributed by atoms with Crippen molar-refractivity contribution in [1.82, 2.24) is 0 Å². The fourth-order valence-electron chi connectivity index (χ4n) is 10.2. The monoisotopic (exact) mass is 408 g/mol. The van der Waals surface area contributed by atoms with Gasteiger partial charge in [0.2, 0.25) is 0 Å². The van der Waals surface area contributed by atoms with E-state index in [1.54, 1.807) is 11.1 Å². The van der Waals surface area contributed by atoms with Crippen LogP contribution in [0.5, 0.6) is 0 Å². The molecular formula is C30H48. The first kappa shape index (κ1) is 21.3. The van der Waals surface area contributed by atoms with Crippen molar-refractivity contribution in [2.24, 2.45) is 70.0 Å². The summed E-state index contributed by atoms with van der Waals surface area (Å²) < 4.78 is 0. The van der Waals surface area contributed by atoms with Crippen LogP contribution in [0.1, 0.15) is 93.4 Å². The second kappa shape index (κ2) is 6.99. The Balaban J connectivity index is 0.000000128. The van der Waals surface area contributed by atoms with Gasteiger partial charge in [0.25, 0.3) is 0 Å². The standard InChI is InChI=1S/2C15H24/c2*1-9(2)12-6-5-11(4)15-8-7-10(3)13(15)14(12)15/h7,9,11-14H,5-6,8H2,1-4H3;9,11-14H,3,5-8H2,1-2,4H3/t2*11-,12+,13-,14-,15+/m11/s1. The van der Waals surface area contributed by atoms with Crippen molar-refractivity contribution in [1.29, 1.82) is 0 Å². The Labute approximate surface area is 187 Å². The number of hydrogen-bond donors (Lipinski definition) is 0. The lowest BCUT2D eigenvalue weighted by atomic mass is 9.70. The van der Waals surface area contributed by atoms with E-state index in [1.165, 1.54) is 44.9 Å². The van der Waals surface area contributed by atoms with Gasteiger partial charge in [0, 0.05) is 0 Å². The molecule has 0 nitrogen and oxygen atoms in total. The smallest absolute Gasteiger partial charge is 0.0104 e. The number of hydrogen-bond acceptors (Lipinski definition) is 0. The Bertz CT molecular complexity index is 725. The second-order valence-electron chi connectivity index (χ2n) is 13.3. The predicted octanol–water partition coefficient (Wildman–Crippen LogP) is 8.54. The summed E-state index contributed by atoms with van der Waals surface area (Å²) in [5.74, 6) is 9.78. The van der Waals surface area contributed by atoms with Crippen LogP contribution in [0.2, 0.25) is 0 Å². The Morgan fingerprint density at radius 2 is 1.37 bits per heavy atom. The Morgan fingerprint density at radius 1 is 0.833 bits per heavy atom. The van der Waals surface area contributed by atoms with Gasteiger partial charge < -0.3 is 0 Å². The van der Waals surface area contributed by atoms with Crippen LogP contribution in [0, 0.1) is 70.0 Å². The van der Waals surface area contributed by atoms with Gasteiger partial charge in [-0.3, -0.25) is 0 Å². The quantitative estimate of drug-likeness (QED) is 0.401. The summed E-state index contributed by atoms with van der Waals surface area (Å²) in [6.45, 7) is 21.4. The lowest BCUT2D eigenvalue weighted by molar-refractivity contribution is 0.142. The van der Waals surface area contributed by atoms with Crippen molar-refractivity contribution < 1.29 is 0 Å². The third-order valence-corrected chi connectivity index (χ3v) is 11.8. The first-order chi connectivity index (χ1) is 14.2. The molecule has 30 heavy (non-hydrogen) atoms. The number of fused-ring (bicyclic) bond motifs is 2. The van der Waals surface area contributed by atoms with E-state index < -0.39 is 0 Å². The van der Waals surface area contributed by atoms with Crippen molar-refractivity contribution in [3.63, 3.8) is 0 Å². The molecule has 2 spiro atoms. The van der Waals surface area contributed by atoms with E-state index in [0.29, 0.717) is 0 Å². The number of rotatable bonds is 2. The molecule has 0 unspecified atom stereocenters. The molecule has 10 atom stereocenters. The van der Waals surface area contributed by atoms with E-state index in [1.807, 2.05) is 0 Å². The molecule has 0 N–H and O–H groups in total. The van der Waals surface area contributed by atoms with Crippen molar-refractivity contribution in [2.75, 3.05) is 0 Å². The van der Waals surface area contributed by atoms with Gasteiger partial charge in [-0.05, 0) is 122 Å². The van der Waals surface area contributed by atoms with Gasteiger partial charge >= 0.3 is 0 Å². The second-order valence-corrected chi connectivity index (χ2v) is 13.3. The molecule has 0 aliphatic heterocycles. The molecule has 6 rings (SSSR count). The van der Waals surface area contributed by atoms with Gasteiger partial charge in [-0.2, -0.15) is 0 Å². The molecule has 5 fully saturated rings. The highest BCUT2D eigenvalue weighted by Crippen LogP contribution is 2.79. The highest BCUT2D eigenvalue weighted by atomic mass is 14.8. The summed E-state index contributed by atoms with van der Waals surface area (Å²) in [4.78, 5) is 0. The highest BCUT2D eigenvalue weighted by Gasteiger charge is 2.73. The fourth-order valence-corrected chi connectivity index (χ4v) is 10.2. The highest BCUT2D eigenvalue weighted by molar-refractivity contribution is 5.35. The zero-order valence-electron chi connectivity index (χ0n) is 21.0. The SMILES string of the molecule is C=C1CC[C@@]23[C@@H]([C@@H]12)[C@H](C(C)C)CC[C@H]3C.CC1=CC[C@@]23[C@@H]([C@@H]12)[C@H](C(C)C)CC[C@H]3C. The lowest BCUT2D eigenvalue weighted by Crippen LogP contribution is -2.27. The van der Waals surface area contributed by atoms with Gasteiger partial charge in [0.05, 0.1) is 0 Å². The van der Waals surface area contributed by atoms with E-state index in [4.69, 9.17) is 0 Å². The van der Waals surface area contributed by atoms with Crippen molar-refractivity contribution in [2.45, 2.75) is 93.4 Å². The predicted molar refractivity (Wildman–Crippen MR) is 129 cm³/mol. The molecule has 0 radical (unpaired) electrons. The molecule has 5 saturated carbocycles. The molecule has 0 aromatic rings. The van der Waals surface area contributed by atoms with Crippen LogP contribution in [0.25, 0.3) is 0 Å². The zero-order chi connectivity index (χ0) is 21.6. The molecule has 0 heterocycles. The van der Waals surface area contributed by atoms with Gasteiger partial charge in [-0.15, -0.1) is 0 Å². The molecular weight excluding hydrogens is 360 g/mol. The molecule has 0 heteroatoms. The Hall–Kier alpha value is -0.520. The average Bonchev–Trinajstić information content (AvgIpc) is 3.48. The molecule has 0 aromatic carbocycles. The van der Waals surface area contributed by atoms with Gasteiger partial charge in [-0.25, -0.2) is 0 Å². The Kier molecular flexibility index (Phi) is 4.97. The fraction of sp³-hybridized carbons (Fsp3) is 0.867. The maximum Gasteiger partial charge on any atom is -0.0104 e. The van der Waals surface area contributed by atoms with Crippen LogP contribution < -0.4 is 0 Å². The largest absolute Gasteiger partial charge is 0.0995 e. The zero-order valence-corrected chi connectivity index (χ0v) is 21.0. The summed E-state index contributed by atoms with van der Waals surface area (Å²) in [6, 6.07) is 0. The van der Waals surface area contributed by atoms with Gasteiger partial charge in [0.1, 0.15) is 0 Å². The van der Waals surface area contributed by atoms with E-state index in [2.05, 4.69) is 61.1 Å². The third kappa shape index (κ3) is 2.64. The minimum Gasteiger partial charge on any atom is -0.0995 e. The van der Waals surface area contributed by atoms with Gasteiger partial charge in [-0.1, -0.05) is 65.3 Å². The summed E-state index contributed by atoms with van der Waals surface area (Å²) in [7, 11) is 0. The van der Waals surface area contributed by atoms with Crippen LogP contribution in [-0.2, 0) is 0 Å². The molecule has 6 aliphatic carbocycles. The topological polar surface area (TPSA) is 0 Å². The summed E-state index contributed by atoms with van der Waals surface area (Å²) in [5.41, 5.74) is 4.81. The van der Waals surface area contributed by atoms with Crippen molar-refractivity contribution >= 4 is 0 Å². The van der Waals surface area contributed by atoms with E-state index in [9.17, 15) is 0 Å².